The Labute approximate surface area is 253 Å². The Bertz CT molecular complexity index is 1620. The zero-order valence-electron chi connectivity index (χ0n) is 22.9. The lowest BCUT2D eigenvalue weighted by Crippen LogP contribution is -2.50. The second-order valence-electron chi connectivity index (χ2n) is 11.3. The highest BCUT2D eigenvalue weighted by atomic mass is 32.2. The summed E-state index contributed by atoms with van der Waals surface area (Å²) in [5.74, 6) is -2.56. The van der Waals surface area contributed by atoms with Gasteiger partial charge in [-0.1, -0.05) is 5.57 Å². The summed E-state index contributed by atoms with van der Waals surface area (Å²) in [6.07, 6.45) is -0.0847. The highest BCUT2D eigenvalue weighted by Crippen LogP contribution is 2.35. The Hall–Kier alpha value is -2.34. The van der Waals surface area contributed by atoms with Crippen LogP contribution >= 0.6 is 0 Å². The van der Waals surface area contributed by atoms with Crippen LogP contribution in [0.4, 0.5) is 0 Å². The summed E-state index contributed by atoms with van der Waals surface area (Å²) < 4.78 is 134. The first-order chi connectivity index (χ1) is 20.2. The molecule has 4 rings (SSSR count). The topological polar surface area (TPSA) is 300 Å². The van der Waals surface area contributed by atoms with Crippen molar-refractivity contribution in [2.45, 2.75) is 97.3 Å². The number of hydrogen-bond acceptors (Lipinski definition) is 14. The molecule has 4 aliphatic carbocycles. The molecule has 0 aromatic carbocycles. The molecule has 6 atom stereocenters. The molecule has 6 N–H and O–H groups in total. The maximum atomic E-state index is 13.5. The quantitative estimate of drug-likeness (QED) is 0.101. The first-order valence-corrected chi connectivity index (χ1v) is 19.5. The number of Topliss-reactive ketones (excluding diaryl/α,β-unsaturated/α-hetero) is 2. The van der Waals surface area contributed by atoms with Crippen LogP contribution in [0.3, 0.4) is 0 Å². The maximum absolute atomic E-state index is 13.5. The standard InChI is InChI=1S/C22H32N4O14S4/c27-21-18-11(7-16(43(35,36)37)19(21)25-23-12-3-1-5-14(9-12)41(29,30)31)8-17(44(38,39)40)20(22(18)28)26-24-13-4-2-6-15(10-13)42(32,33)34/h12-17,23-24H,1-10H2,(H,29,30,31)(H,32,33,34)(H,35,36,37)(H,38,39,40). The molecule has 0 bridgehead atoms. The molecular formula is C22H32N4O14S4. The van der Waals surface area contributed by atoms with Gasteiger partial charge in [0.2, 0.25) is 11.6 Å². The fraction of sp³-hybridized carbons (Fsp3) is 0.727. The van der Waals surface area contributed by atoms with Gasteiger partial charge in [-0.15, -0.1) is 0 Å². The van der Waals surface area contributed by atoms with E-state index in [2.05, 4.69) is 21.1 Å². The second kappa shape index (κ2) is 12.5. The van der Waals surface area contributed by atoms with Crippen molar-refractivity contribution in [3.8, 4) is 0 Å². The van der Waals surface area contributed by atoms with Gasteiger partial charge in [-0.05, 0) is 64.2 Å². The monoisotopic (exact) mass is 704 g/mol. The van der Waals surface area contributed by atoms with E-state index in [0.717, 1.165) is 0 Å². The average molecular weight is 705 g/mol. The lowest BCUT2D eigenvalue weighted by atomic mass is 9.78. The summed E-state index contributed by atoms with van der Waals surface area (Å²) in [4.78, 5) is 27.1. The molecular weight excluding hydrogens is 673 g/mol. The van der Waals surface area contributed by atoms with Crippen molar-refractivity contribution in [3.63, 3.8) is 0 Å². The number of nitrogens with one attached hydrogen (secondary N) is 2. The van der Waals surface area contributed by atoms with Gasteiger partial charge in [0.15, 0.2) is 0 Å². The Morgan fingerprint density at radius 1 is 0.568 bits per heavy atom. The summed E-state index contributed by atoms with van der Waals surface area (Å²) in [5, 5.41) is 1.33. The molecule has 248 valence electrons. The number of hydrazone groups is 2. The smallest absolute Gasteiger partial charge is 0.274 e. The number of rotatable bonds is 8. The van der Waals surface area contributed by atoms with Gasteiger partial charge in [-0.2, -0.15) is 43.9 Å². The van der Waals surface area contributed by atoms with Crippen molar-refractivity contribution >= 4 is 63.5 Å². The predicted molar refractivity (Wildman–Crippen MR) is 153 cm³/mol. The number of carbonyl (C=O) groups excluding carboxylic acids is 2. The third-order valence-electron chi connectivity index (χ3n) is 8.30. The molecule has 22 heteroatoms. The van der Waals surface area contributed by atoms with Gasteiger partial charge in [0.25, 0.3) is 40.5 Å². The minimum absolute atomic E-state index is 0.134. The second-order valence-corrected chi connectivity index (χ2v) is 17.9. The van der Waals surface area contributed by atoms with Crippen molar-refractivity contribution in [1.29, 1.82) is 0 Å². The van der Waals surface area contributed by atoms with Gasteiger partial charge in [-0.3, -0.25) is 27.8 Å². The molecule has 44 heavy (non-hydrogen) atoms. The summed E-state index contributed by atoms with van der Waals surface area (Å²) in [6.45, 7) is 0. The van der Waals surface area contributed by atoms with Crippen molar-refractivity contribution in [1.82, 2.24) is 10.9 Å². The Kier molecular flexibility index (Phi) is 9.77. The molecule has 6 unspecified atom stereocenters. The Morgan fingerprint density at radius 3 is 1.25 bits per heavy atom. The number of hydrogen-bond donors (Lipinski definition) is 6. The Balaban J connectivity index is 1.67. The van der Waals surface area contributed by atoms with Crippen LogP contribution in [0.2, 0.25) is 0 Å². The van der Waals surface area contributed by atoms with E-state index in [1.807, 2.05) is 0 Å². The van der Waals surface area contributed by atoms with E-state index in [-0.39, 0.29) is 31.3 Å². The summed E-state index contributed by atoms with van der Waals surface area (Å²) in [5.41, 5.74) is 2.38. The minimum Gasteiger partial charge on any atom is -0.307 e. The van der Waals surface area contributed by atoms with Gasteiger partial charge in [0.1, 0.15) is 21.9 Å². The molecule has 0 aliphatic heterocycles. The third kappa shape index (κ3) is 7.71. The lowest BCUT2D eigenvalue weighted by molar-refractivity contribution is -0.115. The predicted octanol–water partition coefficient (Wildman–Crippen LogP) is -0.969. The zero-order valence-corrected chi connectivity index (χ0v) is 26.2. The van der Waals surface area contributed by atoms with Crippen LogP contribution in [0.5, 0.6) is 0 Å². The number of ketones is 2. The van der Waals surface area contributed by atoms with Crippen LogP contribution in [0.25, 0.3) is 0 Å². The Morgan fingerprint density at radius 2 is 0.932 bits per heavy atom. The molecule has 0 heterocycles. The van der Waals surface area contributed by atoms with Gasteiger partial charge < -0.3 is 10.9 Å². The van der Waals surface area contributed by atoms with E-state index in [1.54, 1.807) is 0 Å². The highest BCUT2D eigenvalue weighted by Gasteiger charge is 2.50. The molecule has 2 fully saturated rings. The number of allylic oxidation sites excluding steroid dienone is 2. The van der Waals surface area contributed by atoms with E-state index in [9.17, 15) is 61.5 Å². The molecule has 0 aromatic heterocycles. The molecule has 4 aliphatic rings. The van der Waals surface area contributed by atoms with E-state index < -0.39 is 115 Å². The normalized spacial score (nSPS) is 32.9. The van der Waals surface area contributed by atoms with Crippen molar-refractivity contribution < 1.29 is 61.5 Å². The van der Waals surface area contributed by atoms with Gasteiger partial charge in [0, 0.05) is 12.1 Å². The van der Waals surface area contributed by atoms with E-state index >= 15 is 0 Å². The van der Waals surface area contributed by atoms with Crippen LogP contribution in [0, 0.1) is 0 Å². The van der Waals surface area contributed by atoms with Crippen LogP contribution in [-0.4, -0.2) is 108 Å². The molecule has 18 nitrogen and oxygen atoms in total. The molecule has 0 saturated heterocycles. The first kappa shape index (κ1) is 34.5. The molecule has 0 amide bonds. The van der Waals surface area contributed by atoms with Crippen LogP contribution in [0.15, 0.2) is 21.3 Å². The third-order valence-corrected chi connectivity index (χ3v) is 13.1. The fourth-order valence-electron chi connectivity index (χ4n) is 6.03. The fourth-order valence-corrected chi connectivity index (χ4v) is 9.61. The van der Waals surface area contributed by atoms with Crippen molar-refractivity contribution in [2.75, 3.05) is 0 Å². The number of carbonyl (C=O) groups is 2. The lowest BCUT2D eigenvalue weighted by Gasteiger charge is -2.32. The van der Waals surface area contributed by atoms with Crippen LogP contribution in [-0.2, 0) is 50.1 Å². The van der Waals surface area contributed by atoms with Gasteiger partial charge in [-0.25, -0.2) is 0 Å². The summed E-state index contributed by atoms with van der Waals surface area (Å²) in [6, 6.07) is -1.47. The summed E-state index contributed by atoms with van der Waals surface area (Å²) >= 11 is 0. The minimum atomic E-state index is -5.07. The highest BCUT2D eigenvalue weighted by molar-refractivity contribution is 7.88. The molecule has 0 spiro atoms. The van der Waals surface area contributed by atoms with Crippen molar-refractivity contribution in [2.24, 2.45) is 10.2 Å². The van der Waals surface area contributed by atoms with E-state index in [1.165, 1.54) is 0 Å². The summed E-state index contributed by atoms with van der Waals surface area (Å²) in [7, 11) is -18.9. The van der Waals surface area contributed by atoms with Gasteiger partial charge in [0.05, 0.1) is 16.1 Å². The largest absolute Gasteiger partial charge is 0.307 e. The average Bonchev–Trinajstić information content (AvgIpc) is 2.90. The first-order valence-electron chi connectivity index (χ1n) is 13.5. The molecule has 0 aromatic rings. The van der Waals surface area contributed by atoms with Crippen LogP contribution < -0.4 is 10.9 Å². The van der Waals surface area contributed by atoms with Gasteiger partial charge >= 0.3 is 0 Å². The molecule has 0 radical (unpaired) electrons. The zero-order chi connectivity index (χ0) is 32.8. The maximum Gasteiger partial charge on any atom is 0.274 e. The van der Waals surface area contributed by atoms with Crippen molar-refractivity contribution in [3.05, 3.63) is 11.1 Å². The number of nitrogens with zero attached hydrogens (tertiary/aromatic N) is 2. The van der Waals surface area contributed by atoms with E-state index in [4.69, 9.17) is 0 Å². The van der Waals surface area contributed by atoms with E-state index in [0.29, 0.717) is 25.7 Å². The molecule has 2 saturated carbocycles. The SMILES string of the molecule is O=C1C(=NNC2CCCC(S(=O)(=O)O)C2)C(S(=O)(=O)O)CC2=C1C(=O)C(=NNC1CCCC(S(=O)(=O)O)C1)C(S(=O)(=O)O)C2. The van der Waals surface area contributed by atoms with Crippen LogP contribution in [0.1, 0.15) is 64.2 Å².